The van der Waals surface area contributed by atoms with Crippen LogP contribution in [0.1, 0.15) is 0 Å². The van der Waals surface area contributed by atoms with Crippen molar-refractivity contribution in [3.63, 3.8) is 0 Å². The monoisotopic (exact) mass is 300 g/mol. The van der Waals surface area contributed by atoms with Gasteiger partial charge in [0.05, 0.1) is 22.1 Å². The van der Waals surface area contributed by atoms with Crippen LogP contribution in [0, 0.1) is 0 Å². The molecule has 0 saturated heterocycles. The van der Waals surface area contributed by atoms with Crippen LogP contribution in [-0.2, 0) is 0 Å². The average molecular weight is 300 g/mol. The number of hydrogen-bond acceptors (Lipinski definition) is 4. The highest BCUT2D eigenvalue weighted by molar-refractivity contribution is 6.28. The van der Waals surface area contributed by atoms with Gasteiger partial charge in [-0.15, -0.1) is 0 Å². The van der Waals surface area contributed by atoms with Gasteiger partial charge in [-0.2, -0.15) is 0 Å². The van der Waals surface area contributed by atoms with Crippen molar-refractivity contribution in [2.24, 2.45) is 0 Å². The number of anilines is 1. The summed E-state index contributed by atoms with van der Waals surface area (Å²) in [6.45, 7) is 0. The van der Waals surface area contributed by atoms with E-state index < -0.39 is 0 Å². The maximum Gasteiger partial charge on any atom is 0.191 e. The molecule has 0 aliphatic heterocycles. The van der Waals surface area contributed by atoms with Crippen LogP contribution in [0.3, 0.4) is 0 Å². The van der Waals surface area contributed by atoms with Crippen molar-refractivity contribution in [3.8, 4) is 0 Å². The number of H-pyrrole nitrogens is 1. The molecule has 2 aromatic carbocycles. The number of para-hydroxylation sites is 1. The molecule has 23 heavy (non-hydrogen) atoms. The van der Waals surface area contributed by atoms with Gasteiger partial charge in [0.25, 0.3) is 0 Å². The predicted molar refractivity (Wildman–Crippen MR) is 93.4 cm³/mol. The van der Waals surface area contributed by atoms with E-state index in [-0.39, 0.29) is 5.43 Å². The fraction of sp³-hybridized carbons (Fsp3) is 0.0556. The normalized spacial score (nSPS) is 11.9. The number of aromatic nitrogens is 3. The van der Waals surface area contributed by atoms with Gasteiger partial charge in [-0.05, 0) is 6.07 Å². The standard InChI is InChI=1S/C18H12N4O/c1-19-15-14-12(23)6-7-20-17(14)18-13-10(8-21-16(13)15)9-4-2-3-5-11(9)22-18/h2-8,19,22H,1H3. The lowest BCUT2D eigenvalue weighted by molar-refractivity contribution is 1.38. The van der Waals surface area contributed by atoms with Crippen molar-refractivity contribution in [3.05, 3.63) is 52.9 Å². The third-order valence-electron chi connectivity index (χ3n) is 4.44. The Kier molecular flexibility index (Phi) is 2.24. The third-order valence-corrected chi connectivity index (χ3v) is 4.44. The highest BCUT2D eigenvalue weighted by atomic mass is 16.1. The van der Waals surface area contributed by atoms with E-state index in [4.69, 9.17) is 0 Å². The number of aromatic amines is 1. The maximum absolute atomic E-state index is 12.4. The summed E-state index contributed by atoms with van der Waals surface area (Å²) in [5.41, 5.74) is 4.03. The van der Waals surface area contributed by atoms with E-state index in [1.54, 1.807) is 6.20 Å². The van der Waals surface area contributed by atoms with E-state index in [0.717, 1.165) is 38.4 Å². The molecule has 0 bridgehead atoms. The Hall–Kier alpha value is -3.21. The Morgan fingerprint density at radius 3 is 2.74 bits per heavy atom. The van der Waals surface area contributed by atoms with Crippen molar-refractivity contribution in [1.29, 1.82) is 0 Å². The molecule has 0 aliphatic carbocycles. The number of rotatable bonds is 1. The predicted octanol–water partition coefficient (Wildman–Crippen LogP) is 3.26. The minimum absolute atomic E-state index is 0.0530. The molecule has 0 spiro atoms. The lowest BCUT2D eigenvalue weighted by Crippen LogP contribution is -2.05. The molecule has 0 radical (unpaired) electrons. The molecule has 0 saturated carbocycles. The first-order valence-electron chi connectivity index (χ1n) is 7.41. The van der Waals surface area contributed by atoms with Crippen molar-refractivity contribution in [2.75, 3.05) is 12.4 Å². The number of nitrogens with one attached hydrogen (secondary N) is 2. The van der Waals surface area contributed by atoms with Crippen molar-refractivity contribution < 1.29 is 0 Å². The molecule has 5 aromatic rings. The van der Waals surface area contributed by atoms with Crippen LogP contribution in [0.5, 0.6) is 0 Å². The molecule has 0 aliphatic rings. The summed E-state index contributed by atoms with van der Waals surface area (Å²) in [5.74, 6) is 0. The molecular weight excluding hydrogens is 288 g/mol. The van der Waals surface area contributed by atoms with Gasteiger partial charge in [-0.1, -0.05) is 18.2 Å². The number of benzene rings is 2. The minimum atomic E-state index is -0.0530. The van der Waals surface area contributed by atoms with Gasteiger partial charge >= 0.3 is 0 Å². The molecule has 0 amide bonds. The first-order chi connectivity index (χ1) is 11.3. The highest BCUT2D eigenvalue weighted by Crippen LogP contribution is 2.39. The summed E-state index contributed by atoms with van der Waals surface area (Å²) in [6.07, 6.45) is 3.43. The largest absolute Gasteiger partial charge is 0.386 e. The minimum Gasteiger partial charge on any atom is -0.386 e. The molecule has 3 heterocycles. The van der Waals surface area contributed by atoms with E-state index in [2.05, 4.69) is 26.3 Å². The lowest BCUT2D eigenvalue weighted by Gasteiger charge is -2.11. The number of fused-ring (bicyclic) bond motifs is 4. The Balaban J connectivity index is 2.23. The highest BCUT2D eigenvalue weighted by Gasteiger charge is 2.19. The Morgan fingerprint density at radius 2 is 1.87 bits per heavy atom. The quantitative estimate of drug-likeness (QED) is 0.368. The Bertz CT molecular complexity index is 1270. The van der Waals surface area contributed by atoms with Crippen LogP contribution in [-0.4, -0.2) is 22.0 Å². The fourth-order valence-corrected chi connectivity index (χ4v) is 3.47. The molecule has 5 rings (SSSR count). The topological polar surface area (TPSA) is 70.7 Å². The van der Waals surface area contributed by atoms with E-state index in [1.165, 1.54) is 6.07 Å². The fourth-order valence-electron chi connectivity index (χ4n) is 3.47. The van der Waals surface area contributed by atoms with Gasteiger partial charge in [-0.3, -0.25) is 14.8 Å². The zero-order chi connectivity index (χ0) is 15.6. The molecule has 2 N–H and O–H groups in total. The number of pyridine rings is 2. The lowest BCUT2D eigenvalue weighted by atomic mass is 10.0. The van der Waals surface area contributed by atoms with Crippen molar-refractivity contribution in [1.82, 2.24) is 15.0 Å². The molecule has 0 unspecified atom stereocenters. The number of nitrogens with zero attached hydrogens (tertiary/aromatic N) is 2. The maximum atomic E-state index is 12.4. The third kappa shape index (κ3) is 1.43. The first kappa shape index (κ1) is 12.3. The molecule has 3 aromatic heterocycles. The molecular formula is C18H12N4O. The van der Waals surface area contributed by atoms with E-state index >= 15 is 0 Å². The van der Waals surface area contributed by atoms with Gasteiger partial charge in [0.1, 0.15) is 5.52 Å². The molecule has 5 heteroatoms. The van der Waals surface area contributed by atoms with Gasteiger partial charge < -0.3 is 10.3 Å². The van der Waals surface area contributed by atoms with Crippen molar-refractivity contribution in [2.45, 2.75) is 0 Å². The summed E-state index contributed by atoms with van der Waals surface area (Å²) < 4.78 is 0. The SMILES string of the molecule is CNc1c2ncc3c4ccccc4[nH]c(c4nccc(=O)c14)c23. The molecule has 0 fully saturated rings. The molecule has 110 valence electrons. The Morgan fingerprint density at radius 1 is 1.00 bits per heavy atom. The van der Waals surface area contributed by atoms with E-state index in [1.807, 2.05) is 31.4 Å². The summed E-state index contributed by atoms with van der Waals surface area (Å²) in [4.78, 5) is 24.9. The second-order valence-corrected chi connectivity index (χ2v) is 5.60. The smallest absolute Gasteiger partial charge is 0.191 e. The van der Waals surface area contributed by atoms with E-state index in [0.29, 0.717) is 10.9 Å². The second kappa shape index (κ2) is 4.16. The second-order valence-electron chi connectivity index (χ2n) is 5.60. The van der Waals surface area contributed by atoms with Crippen LogP contribution in [0.4, 0.5) is 5.69 Å². The van der Waals surface area contributed by atoms with Crippen LogP contribution in [0.2, 0.25) is 0 Å². The van der Waals surface area contributed by atoms with Gasteiger partial charge in [-0.25, -0.2) is 0 Å². The summed E-state index contributed by atoms with van der Waals surface area (Å²) in [6, 6.07) is 9.58. The zero-order valence-electron chi connectivity index (χ0n) is 12.3. The van der Waals surface area contributed by atoms with Gasteiger partial charge in [0, 0.05) is 47.2 Å². The van der Waals surface area contributed by atoms with Crippen LogP contribution < -0.4 is 10.7 Å². The van der Waals surface area contributed by atoms with E-state index in [9.17, 15) is 4.79 Å². The summed E-state index contributed by atoms with van der Waals surface area (Å²) >= 11 is 0. The summed E-state index contributed by atoms with van der Waals surface area (Å²) in [7, 11) is 1.81. The first-order valence-corrected chi connectivity index (χ1v) is 7.41. The zero-order valence-corrected chi connectivity index (χ0v) is 12.3. The van der Waals surface area contributed by atoms with Gasteiger partial charge in [0.2, 0.25) is 0 Å². The van der Waals surface area contributed by atoms with Crippen LogP contribution >= 0.6 is 0 Å². The number of hydrogen-bond donors (Lipinski definition) is 2. The Labute approximate surface area is 130 Å². The molecule has 0 atom stereocenters. The average Bonchev–Trinajstić information content (AvgIpc) is 3.02. The van der Waals surface area contributed by atoms with Crippen LogP contribution in [0.25, 0.3) is 43.6 Å². The van der Waals surface area contributed by atoms with Crippen molar-refractivity contribution >= 4 is 49.3 Å². The summed E-state index contributed by atoms with van der Waals surface area (Å²) in [5, 5.41) is 6.91. The van der Waals surface area contributed by atoms with Crippen LogP contribution in [0.15, 0.2) is 47.5 Å². The molecule has 5 nitrogen and oxygen atoms in total. The van der Waals surface area contributed by atoms with Gasteiger partial charge in [0.15, 0.2) is 5.43 Å².